The predicted molar refractivity (Wildman–Crippen MR) is 82.1 cm³/mol. The summed E-state index contributed by atoms with van der Waals surface area (Å²) in [7, 11) is 0. The third-order valence-corrected chi connectivity index (χ3v) is 7.54. The van der Waals surface area contributed by atoms with Gasteiger partial charge in [-0.15, -0.1) is 0 Å². The Kier molecular flexibility index (Phi) is 3.62. The van der Waals surface area contributed by atoms with Crippen LogP contribution in [-0.4, -0.2) is 18.3 Å². The van der Waals surface area contributed by atoms with Crippen molar-refractivity contribution in [3.05, 3.63) is 47.7 Å². The topological polar surface area (TPSA) is 12.9 Å². The molecule has 2 rings (SSSR count). The van der Waals surface area contributed by atoms with E-state index in [1.165, 1.54) is 21.1 Å². The Labute approximate surface area is 113 Å². The van der Waals surface area contributed by atoms with E-state index < -0.39 is 13.3 Å². The van der Waals surface area contributed by atoms with Crippen molar-refractivity contribution >= 4 is 17.7 Å². The standard InChI is InChI=1S/C16H21GeN/c1-12-6-8-15(13(2)10-12)16-9-7-14(11-18-16)17(3,4)5/h6-11H,1-5H3. The van der Waals surface area contributed by atoms with Crippen LogP contribution in [0.25, 0.3) is 11.3 Å². The molecule has 94 valence electrons. The minimum absolute atomic E-state index is 1.09. The second-order valence-electron chi connectivity index (χ2n) is 6.00. The van der Waals surface area contributed by atoms with Gasteiger partial charge in [0.15, 0.2) is 0 Å². The summed E-state index contributed by atoms with van der Waals surface area (Å²) in [6.45, 7) is 4.28. The summed E-state index contributed by atoms with van der Waals surface area (Å²) in [6.07, 6.45) is 2.08. The van der Waals surface area contributed by atoms with Crippen LogP contribution < -0.4 is 4.40 Å². The second-order valence-corrected chi connectivity index (χ2v) is 16.7. The van der Waals surface area contributed by atoms with Gasteiger partial charge in [0.1, 0.15) is 0 Å². The average molecular weight is 300 g/mol. The molecule has 0 aliphatic rings. The Balaban J connectivity index is 2.41. The predicted octanol–water partition coefficient (Wildman–Crippen LogP) is 3.91. The molecule has 0 N–H and O–H groups in total. The molecule has 1 heterocycles. The SMILES string of the molecule is Cc1ccc(-c2cc[c]([Ge]([CH3])([CH3])[CH3])cn2)c(C)c1. The Morgan fingerprint density at radius 2 is 1.67 bits per heavy atom. The Hall–Kier alpha value is -1.09. The summed E-state index contributed by atoms with van der Waals surface area (Å²) < 4.78 is 1.46. The zero-order chi connectivity index (χ0) is 13.3. The van der Waals surface area contributed by atoms with Gasteiger partial charge in [0.2, 0.25) is 0 Å². The quantitative estimate of drug-likeness (QED) is 0.766. The van der Waals surface area contributed by atoms with Crippen LogP contribution >= 0.6 is 0 Å². The molecule has 1 nitrogen and oxygen atoms in total. The van der Waals surface area contributed by atoms with Gasteiger partial charge in [0, 0.05) is 0 Å². The van der Waals surface area contributed by atoms with Crippen molar-refractivity contribution in [2.24, 2.45) is 0 Å². The van der Waals surface area contributed by atoms with Crippen LogP contribution in [0, 0.1) is 13.8 Å². The molecule has 0 radical (unpaired) electrons. The molecule has 18 heavy (non-hydrogen) atoms. The molecule has 2 heteroatoms. The number of aromatic nitrogens is 1. The first-order valence-corrected chi connectivity index (χ1v) is 13.8. The average Bonchev–Trinajstić information content (AvgIpc) is 2.28. The van der Waals surface area contributed by atoms with Crippen LogP contribution in [0.4, 0.5) is 0 Å². The fourth-order valence-corrected chi connectivity index (χ4v) is 4.27. The molecule has 0 fully saturated rings. The van der Waals surface area contributed by atoms with Crippen molar-refractivity contribution in [3.63, 3.8) is 0 Å². The van der Waals surface area contributed by atoms with Gasteiger partial charge in [0.25, 0.3) is 0 Å². The first-order chi connectivity index (χ1) is 8.38. The fraction of sp³-hybridized carbons (Fsp3) is 0.312. The Bertz CT molecular complexity index is 550. The zero-order valence-electron chi connectivity index (χ0n) is 11.9. The van der Waals surface area contributed by atoms with E-state index in [2.05, 4.69) is 72.6 Å². The van der Waals surface area contributed by atoms with Gasteiger partial charge in [0.05, 0.1) is 0 Å². The Morgan fingerprint density at radius 1 is 0.944 bits per heavy atom. The molecule has 1 aromatic heterocycles. The van der Waals surface area contributed by atoms with E-state index in [1.54, 1.807) is 0 Å². The third-order valence-electron chi connectivity index (χ3n) is 3.29. The maximum absolute atomic E-state index is 4.65. The van der Waals surface area contributed by atoms with E-state index in [0.717, 1.165) is 5.69 Å². The molecule has 0 unspecified atom stereocenters. The van der Waals surface area contributed by atoms with Crippen LogP contribution in [-0.2, 0) is 0 Å². The molecule has 0 atom stereocenters. The van der Waals surface area contributed by atoms with Gasteiger partial charge in [-0.2, -0.15) is 0 Å². The maximum atomic E-state index is 4.65. The van der Waals surface area contributed by atoms with Gasteiger partial charge in [-0.3, -0.25) is 0 Å². The number of aryl methyl sites for hydroxylation is 2. The molecule has 0 spiro atoms. The molecular formula is C16H21GeN. The fourth-order valence-electron chi connectivity index (χ4n) is 2.10. The van der Waals surface area contributed by atoms with Crippen molar-refractivity contribution in [2.75, 3.05) is 0 Å². The van der Waals surface area contributed by atoms with Crippen LogP contribution in [0.3, 0.4) is 0 Å². The van der Waals surface area contributed by atoms with Gasteiger partial charge in [-0.25, -0.2) is 0 Å². The van der Waals surface area contributed by atoms with Gasteiger partial charge in [-0.05, 0) is 0 Å². The van der Waals surface area contributed by atoms with E-state index in [1.807, 2.05) is 0 Å². The van der Waals surface area contributed by atoms with Crippen LogP contribution in [0.2, 0.25) is 17.3 Å². The molecular weight excluding hydrogens is 279 g/mol. The van der Waals surface area contributed by atoms with Gasteiger partial charge < -0.3 is 0 Å². The van der Waals surface area contributed by atoms with Crippen molar-refractivity contribution in [1.29, 1.82) is 0 Å². The number of pyridine rings is 1. The van der Waals surface area contributed by atoms with E-state index in [4.69, 9.17) is 0 Å². The number of hydrogen-bond acceptors (Lipinski definition) is 1. The normalized spacial score (nSPS) is 11.6. The number of rotatable bonds is 2. The monoisotopic (exact) mass is 301 g/mol. The summed E-state index contributed by atoms with van der Waals surface area (Å²) in [6, 6.07) is 11.0. The molecule has 0 aliphatic carbocycles. The summed E-state index contributed by atoms with van der Waals surface area (Å²) in [5.74, 6) is 7.19. The van der Waals surface area contributed by atoms with E-state index >= 15 is 0 Å². The zero-order valence-corrected chi connectivity index (χ0v) is 14.0. The second kappa shape index (κ2) is 4.89. The van der Waals surface area contributed by atoms with Gasteiger partial charge in [-0.1, -0.05) is 0 Å². The van der Waals surface area contributed by atoms with E-state index in [0.29, 0.717) is 0 Å². The molecule has 1 aromatic carbocycles. The first-order valence-electron chi connectivity index (χ1n) is 6.42. The summed E-state index contributed by atoms with van der Waals surface area (Å²) >= 11 is -1.73. The number of hydrogen-bond donors (Lipinski definition) is 0. The van der Waals surface area contributed by atoms with Crippen molar-refractivity contribution < 1.29 is 0 Å². The number of benzene rings is 1. The number of nitrogens with zero attached hydrogens (tertiary/aromatic N) is 1. The Morgan fingerprint density at radius 3 is 2.17 bits per heavy atom. The summed E-state index contributed by atoms with van der Waals surface area (Å²) in [4.78, 5) is 4.65. The first kappa shape index (κ1) is 13.3. The molecule has 2 aromatic rings. The van der Waals surface area contributed by atoms with E-state index in [-0.39, 0.29) is 0 Å². The molecule has 0 aliphatic heterocycles. The van der Waals surface area contributed by atoms with Gasteiger partial charge >= 0.3 is 113 Å². The molecule has 0 amide bonds. The van der Waals surface area contributed by atoms with Crippen molar-refractivity contribution in [1.82, 2.24) is 4.98 Å². The van der Waals surface area contributed by atoms with Crippen molar-refractivity contribution in [3.8, 4) is 11.3 Å². The van der Waals surface area contributed by atoms with Crippen LogP contribution in [0.15, 0.2) is 36.5 Å². The molecule has 0 bridgehead atoms. The summed E-state index contributed by atoms with van der Waals surface area (Å²) in [5, 5.41) is 0. The molecule has 0 saturated heterocycles. The minimum atomic E-state index is -1.73. The van der Waals surface area contributed by atoms with Crippen LogP contribution in [0.5, 0.6) is 0 Å². The summed E-state index contributed by atoms with van der Waals surface area (Å²) in [5.41, 5.74) is 4.93. The molecule has 0 saturated carbocycles. The van der Waals surface area contributed by atoms with E-state index in [9.17, 15) is 0 Å². The van der Waals surface area contributed by atoms with Crippen LogP contribution in [0.1, 0.15) is 11.1 Å². The third kappa shape index (κ3) is 2.83. The van der Waals surface area contributed by atoms with Crippen molar-refractivity contribution in [2.45, 2.75) is 31.1 Å².